The molecule has 6 nitrogen and oxygen atoms in total. The molecule has 0 aliphatic carbocycles. The molecule has 0 aliphatic rings. The summed E-state index contributed by atoms with van der Waals surface area (Å²) < 4.78 is 16.7. The maximum Gasteiger partial charge on any atom is 0.250 e. The van der Waals surface area contributed by atoms with Crippen molar-refractivity contribution in [3.05, 3.63) is 48.0 Å². The Morgan fingerprint density at radius 3 is 2.62 bits per heavy atom. The molecule has 0 unspecified atom stereocenters. The smallest absolute Gasteiger partial charge is 0.250 e. The van der Waals surface area contributed by atoms with Crippen LogP contribution in [0.4, 0.5) is 5.13 Å². The van der Waals surface area contributed by atoms with Crippen LogP contribution in [0.3, 0.4) is 0 Å². The zero-order chi connectivity index (χ0) is 18.5. The van der Waals surface area contributed by atoms with E-state index < -0.39 is 0 Å². The molecule has 7 heteroatoms. The van der Waals surface area contributed by atoms with Crippen LogP contribution in [0.5, 0.6) is 17.2 Å². The van der Waals surface area contributed by atoms with E-state index in [0.29, 0.717) is 22.4 Å². The molecule has 1 N–H and O–H groups in total. The van der Waals surface area contributed by atoms with E-state index in [2.05, 4.69) is 10.3 Å². The molecule has 134 valence electrons. The molecule has 0 spiro atoms. The van der Waals surface area contributed by atoms with E-state index in [9.17, 15) is 4.79 Å². The third kappa shape index (κ3) is 3.78. The maximum absolute atomic E-state index is 12.2. The van der Waals surface area contributed by atoms with Gasteiger partial charge >= 0.3 is 0 Å². The number of thiazole rings is 1. The molecule has 0 aliphatic heterocycles. The van der Waals surface area contributed by atoms with Crippen molar-refractivity contribution in [2.75, 3.05) is 26.6 Å². The standard InChI is InChI=1S/C19H18N2O4S/c1-23-13-8-9-14(24-2)12(11-13)7-10-17(22)20-19-21-18-15(25-3)5-4-6-16(18)26-19/h4-11H,1-3H3,(H,20,21,22)/b10-7+. The van der Waals surface area contributed by atoms with Gasteiger partial charge in [-0.15, -0.1) is 0 Å². The van der Waals surface area contributed by atoms with Gasteiger partial charge < -0.3 is 14.2 Å². The van der Waals surface area contributed by atoms with Crippen LogP contribution in [-0.4, -0.2) is 32.2 Å². The van der Waals surface area contributed by atoms with Gasteiger partial charge in [-0.25, -0.2) is 4.98 Å². The maximum atomic E-state index is 12.2. The average Bonchev–Trinajstić information content (AvgIpc) is 3.08. The lowest BCUT2D eigenvalue weighted by molar-refractivity contribution is -0.111. The first-order valence-corrected chi connectivity index (χ1v) is 8.61. The Morgan fingerprint density at radius 2 is 1.88 bits per heavy atom. The number of anilines is 1. The first-order chi connectivity index (χ1) is 12.6. The number of hydrogen-bond acceptors (Lipinski definition) is 6. The molecule has 2 aromatic carbocycles. The summed E-state index contributed by atoms with van der Waals surface area (Å²) in [5, 5.41) is 3.28. The quantitative estimate of drug-likeness (QED) is 0.665. The van der Waals surface area contributed by atoms with Crippen molar-refractivity contribution in [3.8, 4) is 17.2 Å². The van der Waals surface area contributed by atoms with Crippen molar-refractivity contribution in [3.63, 3.8) is 0 Å². The Bertz CT molecular complexity index is 965. The van der Waals surface area contributed by atoms with Crippen LogP contribution < -0.4 is 19.5 Å². The van der Waals surface area contributed by atoms with Crippen molar-refractivity contribution >= 4 is 38.7 Å². The predicted octanol–water partition coefficient (Wildman–Crippen LogP) is 3.97. The zero-order valence-corrected chi connectivity index (χ0v) is 15.4. The summed E-state index contributed by atoms with van der Waals surface area (Å²) in [5.41, 5.74) is 1.47. The van der Waals surface area contributed by atoms with Crippen LogP contribution >= 0.6 is 11.3 Å². The second kappa shape index (κ2) is 7.88. The van der Waals surface area contributed by atoms with E-state index >= 15 is 0 Å². The van der Waals surface area contributed by atoms with Crippen molar-refractivity contribution in [1.82, 2.24) is 4.98 Å². The highest BCUT2D eigenvalue weighted by molar-refractivity contribution is 7.22. The Balaban J connectivity index is 1.78. The number of hydrogen-bond donors (Lipinski definition) is 1. The van der Waals surface area contributed by atoms with Crippen LogP contribution in [0.25, 0.3) is 16.3 Å². The number of para-hydroxylation sites is 1. The number of ether oxygens (including phenoxy) is 3. The highest BCUT2D eigenvalue weighted by Crippen LogP contribution is 2.32. The molecule has 1 aromatic heterocycles. The molecule has 0 bridgehead atoms. The van der Waals surface area contributed by atoms with Crippen LogP contribution in [-0.2, 0) is 4.79 Å². The van der Waals surface area contributed by atoms with Gasteiger partial charge in [0.1, 0.15) is 22.8 Å². The van der Waals surface area contributed by atoms with Crippen LogP contribution in [0.15, 0.2) is 42.5 Å². The number of amides is 1. The first kappa shape index (κ1) is 17.8. The Kier molecular flexibility index (Phi) is 5.38. The molecule has 26 heavy (non-hydrogen) atoms. The molecule has 0 radical (unpaired) electrons. The third-order valence-corrected chi connectivity index (χ3v) is 4.62. The van der Waals surface area contributed by atoms with Gasteiger partial charge in [0.15, 0.2) is 5.13 Å². The topological polar surface area (TPSA) is 69.7 Å². The first-order valence-electron chi connectivity index (χ1n) is 7.79. The van der Waals surface area contributed by atoms with Crippen LogP contribution in [0, 0.1) is 0 Å². The van der Waals surface area contributed by atoms with E-state index in [0.717, 1.165) is 15.8 Å². The summed E-state index contributed by atoms with van der Waals surface area (Å²) in [6, 6.07) is 11.0. The van der Waals surface area contributed by atoms with Crippen molar-refractivity contribution in [1.29, 1.82) is 0 Å². The number of methoxy groups -OCH3 is 3. The molecule has 0 fully saturated rings. The molecule has 0 atom stereocenters. The lowest BCUT2D eigenvalue weighted by Gasteiger charge is -2.07. The highest BCUT2D eigenvalue weighted by Gasteiger charge is 2.10. The van der Waals surface area contributed by atoms with E-state index in [1.54, 1.807) is 45.6 Å². The highest BCUT2D eigenvalue weighted by atomic mass is 32.1. The number of nitrogens with one attached hydrogen (secondary N) is 1. The number of carbonyl (C=O) groups excluding carboxylic acids is 1. The molecular weight excluding hydrogens is 352 g/mol. The Hall–Kier alpha value is -3.06. The van der Waals surface area contributed by atoms with E-state index in [-0.39, 0.29) is 5.91 Å². The summed E-state index contributed by atoms with van der Waals surface area (Å²) in [6.07, 6.45) is 3.10. The van der Waals surface area contributed by atoms with Gasteiger partial charge in [-0.1, -0.05) is 17.4 Å². The molecule has 1 amide bonds. The molecule has 3 rings (SSSR count). The van der Waals surface area contributed by atoms with E-state index in [1.165, 1.54) is 17.4 Å². The number of carbonyl (C=O) groups is 1. The molecule has 0 saturated carbocycles. The summed E-state index contributed by atoms with van der Waals surface area (Å²) in [5.74, 6) is 1.73. The zero-order valence-electron chi connectivity index (χ0n) is 14.6. The summed E-state index contributed by atoms with van der Waals surface area (Å²) in [6.45, 7) is 0. The van der Waals surface area contributed by atoms with Gasteiger partial charge in [-0.2, -0.15) is 0 Å². The van der Waals surface area contributed by atoms with Crippen LogP contribution in [0.2, 0.25) is 0 Å². The number of nitrogens with zero attached hydrogens (tertiary/aromatic N) is 1. The minimum Gasteiger partial charge on any atom is -0.497 e. The summed E-state index contributed by atoms with van der Waals surface area (Å²) in [4.78, 5) is 16.7. The monoisotopic (exact) mass is 370 g/mol. The van der Waals surface area contributed by atoms with Gasteiger partial charge in [-0.05, 0) is 36.4 Å². The molecule has 3 aromatic rings. The fourth-order valence-corrected chi connectivity index (χ4v) is 3.31. The number of aromatic nitrogens is 1. The number of fused-ring (bicyclic) bond motifs is 1. The minimum absolute atomic E-state index is 0.284. The number of benzene rings is 2. The summed E-state index contributed by atoms with van der Waals surface area (Å²) >= 11 is 1.39. The average molecular weight is 370 g/mol. The van der Waals surface area contributed by atoms with Gasteiger partial charge in [0, 0.05) is 11.6 Å². The predicted molar refractivity (Wildman–Crippen MR) is 103 cm³/mol. The molecule has 0 saturated heterocycles. The normalized spacial score (nSPS) is 10.9. The Labute approximate surface area is 155 Å². The van der Waals surface area contributed by atoms with Gasteiger partial charge in [0.2, 0.25) is 5.91 Å². The fourth-order valence-electron chi connectivity index (χ4n) is 2.42. The number of rotatable bonds is 6. The largest absolute Gasteiger partial charge is 0.497 e. The van der Waals surface area contributed by atoms with Crippen molar-refractivity contribution in [2.45, 2.75) is 0 Å². The second-order valence-electron chi connectivity index (χ2n) is 5.26. The SMILES string of the molecule is COc1ccc(OC)c(/C=C/C(=O)Nc2nc3c(OC)cccc3s2)c1. The van der Waals surface area contributed by atoms with E-state index in [1.807, 2.05) is 18.2 Å². The molecule has 1 heterocycles. The Morgan fingerprint density at radius 1 is 1.08 bits per heavy atom. The lowest BCUT2D eigenvalue weighted by atomic mass is 10.1. The third-order valence-electron chi connectivity index (χ3n) is 3.68. The van der Waals surface area contributed by atoms with Crippen LogP contribution in [0.1, 0.15) is 5.56 Å². The van der Waals surface area contributed by atoms with Gasteiger partial charge in [0.25, 0.3) is 0 Å². The van der Waals surface area contributed by atoms with Gasteiger partial charge in [0.05, 0.1) is 26.0 Å². The van der Waals surface area contributed by atoms with Gasteiger partial charge in [-0.3, -0.25) is 10.1 Å². The van der Waals surface area contributed by atoms with Crippen molar-refractivity contribution in [2.24, 2.45) is 0 Å². The minimum atomic E-state index is -0.284. The summed E-state index contributed by atoms with van der Waals surface area (Å²) in [7, 11) is 4.76. The molecular formula is C19H18N2O4S. The van der Waals surface area contributed by atoms with Crippen molar-refractivity contribution < 1.29 is 19.0 Å². The van der Waals surface area contributed by atoms with E-state index in [4.69, 9.17) is 14.2 Å². The lowest BCUT2D eigenvalue weighted by Crippen LogP contribution is -2.07. The second-order valence-corrected chi connectivity index (χ2v) is 6.29. The fraction of sp³-hybridized carbons (Fsp3) is 0.158.